The molecule has 26 heavy (non-hydrogen) atoms. The number of nitrogens with zero attached hydrogens (tertiary/aromatic N) is 2. The molecule has 0 fully saturated rings. The summed E-state index contributed by atoms with van der Waals surface area (Å²) in [7, 11) is 0. The van der Waals surface area contributed by atoms with E-state index in [9.17, 15) is 14.7 Å². The number of hydrogen-bond donors (Lipinski definition) is 2. The van der Waals surface area contributed by atoms with Crippen molar-refractivity contribution in [1.82, 2.24) is 10.3 Å². The molecule has 0 unspecified atom stereocenters. The van der Waals surface area contributed by atoms with Gasteiger partial charge in [-0.25, -0.2) is 4.98 Å². The molecule has 1 aromatic carbocycles. The van der Waals surface area contributed by atoms with Crippen LogP contribution in [0, 0.1) is 0 Å². The number of fused-ring (bicyclic) bond motifs is 1. The normalized spacial score (nSPS) is 17.2. The molecule has 1 amide bonds. The van der Waals surface area contributed by atoms with E-state index >= 15 is 0 Å². The number of thiazole rings is 1. The van der Waals surface area contributed by atoms with Gasteiger partial charge in [0.2, 0.25) is 5.91 Å². The molecule has 0 saturated heterocycles. The van der Waals surface area contributed by atoms with E-state index in [1.165, 1.54) is 23.1 Å². The van der Waals surface area contributed by atoms with Crippen molar-refractivity contribution >= 4 is 50.2 Å². The second kappa shape index (κ2) is 7.24. The van der Waals surface area contributed by atoms with Gasteiger partial charge in [-0.1, -0.05) is 0 Å². The van der Waals surface area contributed by atoms with Gasteiger partial charge < -0.3 is 15.2 Å². The van der Waals surface area contributed by atoms with Crippen LogP contribution in [0.2, 0.25) is 0 Å². The zero-order valence-electron chi connectivity index (χ0n) is 14.6. The molecular formula is C17H19N3O4S2. The summed E-state index contributed by atoms with van der Waals surface area (Å²) in [5.74, 6) is -0.103. The van der Waals surface area contributed by atoms with E-state index in [0.29, 0.717) is 10.8 Å². The molecular weight excluding hydrogens is 374 g/mol. The number of thioether (sulfide) groups is 1. The second-order valence-corrected chi connectivity index (χ2v) is 8.78. The number of nitrogens with one attached hydrogen (secondary N) is 1. The molecule has 3 rings (SSSR count). The standard InChI is InChI=1S/C17H19N3O4S2/c1-17(2,3)24-13(22)7-18-14(23)11-8-25-15(20-11)16-19-10-5-4-9(21)6-12(10)26-16/h4-6,11,21H,7-8H2,1-3H3,(H,18,23)/t11-/m1/s1. The molecule has 0 aliphatic carbocycles. The molecule has 1 aliphatic rings. The van der Waals surface area contributed by atoms with Crippen LogP contribution >= 0.6 is 23.1 Å². The number of rotatable bonds is 4. The number of aromatic hydroxyl groups is 1. The third-order valence-electron chi connectivity index (χ3n) is 3.34. The minimum atomic E-state index is -0.586. The molecule has 1 aromatic heterocycles. The van der Waals surface area contributed by atoms with E-state index < -0.39 is 17.6 Å². The summed E-state index contributed by atoms with van der Waals surface area (Å²) in [6, 6.07) is 4.43. The Balaban J connectivity index is 1.63. The van der Waals surface area contributed by atoms with Crippen molar-refractivity contribution in [2.24, 2.45) is 4.99 Å². The second-order valence-electron chi connectivity index (χ2n) is 6.74. The Kier molecular flexibility index (Phi) is 5.19. The molecule has 0 bridgehead atoms. The molecule has 2 aromatic rings. The first-order valence-electron chi connectivity index (χ1n) is 8.01. The third kappa shape index (κ3) is 4.53. The number of amides is 1. The molecule has 2 N–H and O–H groups in total. The van der Waals surface area contributed by atoms with E-state index in [2.05, 4.69) is 15.3 Å². The van der Waals surface area contributed by atoms with Crippen LogP contribution in [0.5, 0.6) is 5.75 Å². The number of aliphatic imine (C=N–C) groups is 1. The minimum Gasteiger partial charge on any atom is -0.508 e. The van der Waals surface area contributed by atoms with Gasteiger partial charge in [-0.15, -0.1) is 23.1 Å². The van der Waals surface area contributed by atoms with Crippen molar-refractivity contribution in [3.63, 3.8) is 0 Å². The van der Waals surface area contributed by atoms with Crippen LogP contribution in [0.15, 0.2) is 23.2 Å². The first-order chi connectivity index (χ1) is 12.2. The number of ether oxygens (including phenoxy) is 1. The number of carbonyl (C=O) groups is 2. The van der Waals surface area contributed by atoms with Gasteiger partial charge in [0.1, 0.15) is 34.0 Å². The molecule has 0 saturated carbocycles. The van der Waals surface area contributed by atoms with Gasteiger partial charge in [0, 0.05) is 5.75 Å². The lowest BCUT2D eigenvalue weighted by molar-refractivity contribution is -0.154. The van der Waals surface area contributed by atoms with Gasteiger partial charge in [-0.05, 0) is 39.0 Å². The van der Waals surface area contributed by atoms with E-state index in [1.807, 2.05) is 0 Å². The van der Waals surface area contributed by atoms with Crippen molar-refractivity contribution in [2.45, 2.75) is 32.4 Å². The Morgan fingerprint density at radius 3 is 2.88 bits per heavy atom. The smallest absolute Gasteiger partial charge is 0.325 e. The maximum absolute atomic E-state index is 12.2. The summed E-state index contributed by atoms with van der Waals surface area (Å²) < 4.78 is 6.02. The van der Waals surface area contributed by atoms with Crippen LogP contribution < -0.4 is 5.32 Å². The number of carbonyl (C=O) groups excluding carboxylic acids is 2. The summed E-state index contributed by atoms with van der Waals surface area (Å²) in [6.45, 7) is 5.14. The quantitative estimate of drug-likeness (QED) is 0.773. The molecule has 0 spiro atoms. The van der Waals surface area contributed by atoms with Crippen molar-refractivity contribution in [3.05, 3.63) is 23.2 Å². The lowest BCUT2D eigenvalue weighted by Crippen LogP contribution is -2.39. The number of benzene rings is 1. The molecule has 9 heteroatoms. The molecule has 0 radical (unpaired) electrons. The SMILES string of the molecule is CC(C)(C)OC(=O)CNC(=O)[C@H]1CSC(c2nc3ccc(O)cc3s2)=N1. The summed E-state index contributed by atoms with van der Waals surface area (Å²) in [4.78, 5) is 32.8. The summed E-state index contributed by atoms with van der Waals surface area (Å²) in [5, 5.41) is 13.5. The van der Waals surface area contributed by atoms with Crippen LogP contribution in [0.3, 0.4) is 0 Å². The van der Waals surface area contributed by atoms with E-state index in [1.54, 1.807) is 39.0 Å². The van der Waals surface area contributed by atoms with Gasteiger partial charge in [0.15, 0.2) is 0 Å². The van der Waals surface area contributed by atoms with Gasteiger partial charge >= 0.3 is 5.97 Å². The Labute approximate surface area is 158 Å². The highest BCUT2D eigenvalue weighted by molar-refractivity contribution is 8.15. The Morgan fingerprint density at radius 1 is 1.38 bits per heavy atom. The average molecular weight is 393 g/mol. The maximum atomic E-state index is 12.2. The van der Waals surface area contributed by atoms with Gasteiger partial charge in [0.05, 0.1) is 10.2 Å². The van der Waals surface area contributed by atoms with Crippen molar-refractivity contribution in [1.29, 1.82) is 0 Å². The topological polar surface area (TPSA) is 101 Å². The predicted octanol–water partition coefficient (Wildman–Crippen LogP) is 2.32. The summed E-state index contributed by atoms with van der Waals surface area (Å²) in [6.07, 6.45) is 0. The van der Waals surface area contributed by atoms with Gasteiger partial charge in [-0.3, -0.25) is 14.6 Å². The molecule has 2 heterocycles. The molecule has 7 nitrogen and oxygen atoms in total. The van der Waals surface area contributed by atoms with E-state index in [-0.39, 0.29) is 18.2 Å². The van der Waals surface area contributed by atoms with Gasteiger partial charge in [-0.2, -0.15) is 0 Å². The maximum Gasteiger partial charge on any atom is 0.325 e. The average Bonchev–Trinajstić information content (AvgIpc) is 3.16. The lowest BCUT2D eigenvalue weighted by Gasteiger charge is -2.19. The highest BCUT2D eigenvalue weighted by atomic mass is 32.2. The summed E-state index contributed by atoms with van der Waals surface area (Å²) in [5.41, 5.74) is 0.196. The van der Waals surface area contributed by atoms with Crippen LogP contribution in [0.25, 0.3) is 10.2 Å². The highest BCUT2D eigenvalue weighted by Crippen LogP contribution is 2.31. The number of phenolic OH excluding ortho intramolecular Hbond substituents is 1. The van der Waals surface area contributed by atoms with Crippen LogP contribution in [-0.2, 0) is 14.3 Å². The third-order valence-corrected chi connectivity index (χ3v) is 5.54. The largest absolute Gasteiger partial charge is 0.508 e. The van der Waals surface area contributed by atoms with E-state index in [0.717, 1.165) is 15.2 Å². The molecule has 1 atom stereocenters. The van der Waals surface area contributed by atoms with Crippen LogP contribution in [0.1, 0.15) is 25.8 Å². The van der Waals surface area contributed by atoms with Crippen molar-refractivity contribution in [3.8, 4) is 5.75 Å². The highest BCUT2D eigenvalue weighted by Gasteiger charge is 2.28. The fourth-order valence-corrected chi connectivity index (χ4v) is 4.39. The zero-order chi connectivity index (χ0) is 18.9. The number of esters is 1. The van der Waals surface area contributed by atoms with Crippen LogP contribution in [0.4, 0.5) is 0 Å². The number of phenols is 1. The molecule has 1 aliphatic heterocycles. The zero-order valence-corrected chi connectivity index (χ0v) is 16.2. The van der Waals surface area contributed by atoms with Crippen LogP contribution in [-0.4, -0.2) is 51.0 Å². The Hall–Kier alpha value is -2.13. The first kappa shape index (κ1) is 18.7. The first-order valence-corrected chi connectivity index (χ1v) is 9.81. The summed E-state index contributed by atoms with van der Waals surface area (Å²) >= 11 is 2.87. The molecule has 138 valence electrons. The number of hydrogen-bond acceptors (Lipinski definition) is 8. The Morgan fingerprint density at radius 2 is 2.15 bits per heavy atom. The Bertz CT molecular complexity index is 886. The van der Waals surface area contributed by atoms with Crippen molar-refractivity contribution in [2.75, 3.05) is 12.3 Å². The predicted molar refractivity (Wildman–Crippen MR) is 103 cm³/mol. The van der Waals surface area contributed by atoms with Crippen molar-refractivity contribution < 1.29 is 19.4 Å². The fourth-order valence-electron chi connectivity index (χ4n) is 2.28. The van der Waals surface area contributed by atoms with Gasteiger partial charge in [0.25, 0.3) is 0 Å². The number of aromatic nitrogens is 1. The minimum absolute atomic E-state index is 0.178. The fraction of sp³-hybridized carbons (Fsp3) is 0.412. The lowest BCUT2D eigenvalue weighted by atomic mass is 10.2. The monoisotopic (exact) mass is 393 g/mol. The van der Waals surface area contributed by atoms with E-state index in [4.69, 9.17) is 4.74 Å².